The quantitative estimate of drug-likeness (QED) is 0.0174. The third-order valence-corrected chi connectivity index (χ3v) is 15.1. The number of hydrogen-bond donors (Lipinski definition) is 8. The number of hydrogen-bond acceptors (Lipinski definition) is 14. The van der Waals surface area contributed by atoms with Gasteiger partial charge < -0.3 is 58.3 Å². The van der Waals surface area contributed by atoms with Crippen molar-refractivity contribution < 1.29 is 51.9 Å². The van der Waals surface area contributed by atoms with Gasteiger partial charge >= 0.3 is 5.97 Å². The fraction of sp³-hybridized carbons (Fsp3) is 0.769. The molecule has 0 radical (unpaired) electrons. The number of carbonyl (C=O) groups is 8. The lowest BCUT2D eigenvalue weighted by Crippen LogP contribution is -2.58. The van der Waals surface area contributed by atoms with Crippen molar-refractivity contribution in [1.29, 1.82) is 0 Å². The van der Waals surface area contributed by atoms with Crippen LogP contribution in [0.15, 0.2) is 4.99 Å². The molecule has 5 atom stereocenters. The van der Waals surface area contributed by atoms with E-state index >= 15 is 0 Å². The summed E-state index contributed by atoms with van der Waals surface area (Å²) in [7, 11) is 0.839. The van der Waals surface area contributed by atoms with Crippen molar-refractivity contribution in [2.75, 3.05) is 77.2 Å². The van der Waals surface area contributed by atoms with Crippen molar-refractivity contribution in [1.82, 2.24) is 40.3 Å². The van der Waals surface area contributed by atoms with Crippen molar-refractivity contribution in [2.45, 2.75) is 114 Å². The number of nitrogens with one attached hydrogen (secondary N) is 4. The van der Waals surface area contributed by atoms with Crippen LogP contribution in [-0.4, -0.2) is 193 Å². The highest BCUT2D eigenvalue weighted by Crippen LogP contribution is 2.27. The van der Waals surface area contributed by atoms with E-state index < -0.39 is 69.8 Å². The van der Waals surface area contributed by atoms with E-state index in [9.17, 15) is 51.9 Å². The monoisotopic (exact) mass is 976 g/mol. The fourth-order valence-corrected chi connectivity index (χ4v) is 10.4. The van der Waals surface area contributed by atoms with Gasteiger partial charge in [0.2, 0.25) is 51.4 Å². The molecular formula is C39H68N12O11S3. The molecule has 26 heteroatoms. The number of carbonyl (C=O) groups excluding carboxylic acids is 7. The number of rotatable bonds is 28. The van der Waals surface area contributed by atoms with Gasteiger partial charge in [0.05, 0.1) is 12.8 Å². The average Bonchev–Trinajstić information content (AvgIpc) is 4.06. The Morgan fingerprint density at radius 3 is 2.03 bits per heavy atom. The van der Waals surface area contributed by atoms with Crippen molar-refractivity contribution in [2.24, 2.45) is 22.2 Å². The zero-order valence-electron chi connectivity index (χ0n) is 37.4. The molecular weight excluding hydrogens is 909 g/mol. The van der Waals surface area contributed by atoms with Crippen LogP contribution in [0.3, 0.4) is 0 Å². The molecule has 11 N–H and O–H groups in total. The van der Waals surface area contributed by atoms with Crippen LogP contribution in [0, 0.1) is 0 Å². The zero-order chi connectivity index (χ0) is 48.1. The van der Waals surface area contributed by atoms with Crippen LogP contribution in [0.2, 0.25) is 0 Å². The van der Waals surface area contributed by atoms with Crippen LogP contribution in [-0.2, 0) is 48.4 Å². The SMILES string of the molecule is CN(CCCC(=O)NCCCSSC[C@H](NC(=O)CCCNC(=O)[C@@H]1CCCN1C(=O)[C@@H]1CCCN1C(=O)[C@H](CCCN=C(N)N)NC(=O)C1CCCN1C(=O)CN)C(=O)O)S(C)(=O)=O. The highest BCUT2D eigenvalue weighted by Gasteiger charge is 2.44. The maximum Gasteiger partial charge on any atom is 0.327 e. The number of amides is 7. The molecule has 3 aliphatic heterocycles. The Morgan fingerprint density at radius 1 is 0.769 bits per heavy atom. The minimum absolute atomic E-state index is 0.0513. The number of nitrogens with two attached hydrogens (primary N) is 3. The number of likely N-dealkylation sites (tertiary alicyclic amines) is 3. The minimum Gasteiger partial charge on any atom is -0.480 e. The van der Waals surface area contributed by atoms with Gasteiger partial charge in [0, 0.05) is 77.2 Å². The first-order valence-electron chi connectivity index (χ1n) is 22.0. The van der Waals surface area contributed by atoms with Crippen molar-refractivity contribution in [3.05, 3.63) is 0 Å². The van der Waals surface area contributed by atoms with E-state index in [1.165, 1.54) is 47.6 Å². The summed E-state index contributed by atoms with van der Waals surface area (Å²) in [4.78, 5) is 112. The van der Waals surface area contributed by atoms with E-state index in [1.807, 2.05) is 0 Å². The molecule has 0 aromatic carbocycles. The molecule has 3 saturated heterocycles. The van der Waals surface area contributed by atoms with Crippen molar-refractivity contribution >= 4 is 84.9 Å². The average molecular weight is 977 g/mol. The number of nitrogens with zero attached hydrogens (tertiary/aromatic N) is 5. The molecule has 7 amide bonds. The summed E-state index contributed by atoms with van der Waals surface area (Å²) in [6, 6.07) is -4.59. The van der Waals surface area contributed by atoms with Gasteiger partial charge in [0.25, 0.3) is 0 Å². The Kier molecular flexibility index (Phi) is 23.6. The lowest BCUT2D eigenvalue weighted by molar-refractivity contribution is -0.148. The highest BCUT2D eigenvalue weighted by atomic mass is 33.1. The largest absolute Gasteiger partial charge is 0.480 e. The van der Waals surface area contributed by atoms with Gasteiger partial charge in [-0.1, -0.05) is 21.6 Å². The van der Waals surface area contributed by atoms with Gasteiger partial charge in [-0.3, -0.25) is 38.6 Å². The van der Waals surface area contributed by atoms with Gasteiger partial charge in [-0.15, -0.1) is 0 Å². The van der Waals surface area contributed by atoms with Gasteiger partial charge in [-0.2, -0.15) is 0 Å². The first-order valence-corrected chi connectivity index (χ1v) is 26.4. The third-order valence-electron chi connectivity index (χ3n) is 11.3. The maximum absolute atomic E-state index is 14.1. The molecule has 23 nitrogen and oxygen atoms in total. The third kappa shape index (κ3) is 18.4. The van der Waals surface area contributed by atoms with Crippen LogP contribution < -0.4 is 38.5 Å². The maximum atomic E-state index is 14.1. The Hall–Kier alpha value is -4.40. The van der Waals surface area contributed by atoms with Crippen LogP contribution in [0.25, 0.3) is 0 Å². The second-order valence-corrected chi connectivity index (χ2v) is 20.9. The Balaban J connectivity index is 1.43. The predicted molar refractivity (Wildman–Crippen MR) is 246 cm³/mol. The fourth-order valence-electron chi connectivity index (χ4n) is 7.74. The molecule has 368 valence electrons. The molecule has 0 aliphatic carbocycles. The molecule has 0 saturated carbocycles. The Morgan fingerprint density at radius 2 is 1.38 bits per heavy atom. The van der Waals surface area contributed by atoms with Crippen molar-refractivity contribution in [3.8, 4) is 0 Å². The molecule has 0 aromatic rings. The smallest absolute Gasteiger partial charge is 0.327 e. The molecule has 1 unspecified atom stereocenters. The summed E-state index contributed by atoms with van der Waals surface area (Å²) in [6.45, 7) is 1.66. The van der Waals surface area contributed by atoms with E-state index in [1.54, 1.807) is 0 Å². The molecule has 0 bridgehead atoms. The number of carboxylic acid groups (broad SMARTS) is 1. The number of guanidine groups is 1. The van der Waals surface area contributed by atoms with Gasteiger partial charge in [0.15, 0.2) is 5.96 Å². The minimum atomic E-state index is -3.29. The Labute approximate surface area is 388 Å². The summed E-state index contributed by atoms with van der Waals surface area (Å²) in [5.41, 5.74) is 16.5. The number of carboxylic acids is 1. The summed E-state index contributed by atoms with van der Waals surface area (Å²) >= 11 is 0. The molecule has 0 spiro atoms. The van der Waals surface area contributed by atoms with Crippen LogP contribution >= 0.6 is 21.6 Å². The molecule has 3 fully saturated rings. The van der Waals surface area contributed by atoms with Gasteiger partial charge in [0.1, 0.15) is 30.2 Å². The van der Waals surface area contributed by atoms with E-state index in [0.29, 0.717) is 83.2 Å². The topological polar surface area (TPSA) is 342 Å². The molecule has 3 aliphatic rings. The number of aliphatic carboxylic acids is 1. The van der Waals surface area contributed by atoms with Crippen LogP contribution in [0.1, 0.15) is 83.5 Å². The summed E-state index contributed by atoms with van der Waals surface area (Å²) < 4.78 is 24.1. The standard InChI is InChI=1S/C39H68N12O11S3/c1-48(65(2,61)62)19-8-15-31(52)43-18-9-23-63-64-25-27(38(59)60)46-32(53)14-4-16-44-34(55)28-11-6-21-50(28)37(58)30-13-7-22-51(30)36(57)26(10-3-17-45-39(41)42)47-35(56)29-12-5-20-49(29)33(54)24-40/h26-30H,3-25,40H2,1-2H3,(H,43,52)(H,44,55)(H,46,53)(H,47,56)(H,59,60)(H4,41,42,45)/t26-,27-,28-,29?,30-/m0/s1. The molecule has 3 heterocycles. The van der Waals surface area contributed by atoms with Gasteiger partial charge in [-0.05, 0) is 70.6 Å². The molecule has 3 rings (SSSR count). The second-order valence-electron chi connectivity index (χ2n) is 16.2. The van der Waals surface area contributed by atoms with E-state index in [-0.39, 0.29) is 87.8 Å². The van der Waals surface area contributed by atoms with E-state index in [4.69, 9.17) is 17.2 Å². The second kappa shape index (κ2) is 27.9. The Bertz CT molecular complexity index is 1810. The first kappa shape index (κ1) is 54.9. The summed E-state index contributed by atoms with van der Waals surface area (Å²) in [5, 5.41) is 20.6. The summed E-state index contributed by atoms with van der Waals surface area (Å²) in [6.07, 6.45) is 5.88. The van der Waals surface area contributed by atoms with E-state index in [2.05, 4.69) is 26.3 Å². The number of aliphatic imine (C=N–C) groups is 1. The van der Waals surface area contributed by atoms with Crippen LogP contribution in [0.4, 0.5) is 0 Å². The zero-order valence-corrected chi connectivity index (χ0v) is 39.8. The van der Waals surface area contributed by atoms with Gasteiger partial charge in [-0.25, -0.2) is 17.5 Å². The molecule has 0 aromatic heterocycles. The first-order chi connectivity index (χ1) is 30.8. The summed E-state index contributed by atoms with van der Waals surface area (Å²) in [5.74, 6) is -3.37. The highest BCUT2D eigenvalue weighted by molar-refractivity contribution is 8.76. The predicted octanol–water partition coefficient (Wildman–Crippen LogP) is -2.52. The molecule has 65 heavy (non-hydrogen) atoms. The number of sulfonamides is 1. The lowest BCUT2D eigenvalue weighted by atomic mass is 10.1. The van der Waals surface area contributed by atoms with Crippen LogP contribution in [0.5, 0.6) is 0 Å². The van der Waals surface area contributed by atoms with Crippen molar-refractivity contribution in [3.63, 3.8) is 0 Å². The van der Waals surface area contributed by atoms with E-state index in [0.717, 1.165) is 6.26 Å². The normalized spacial score (nSPS) is 19.4. The lowest BCUT2D eigenvalue weighted by Gasteiger charge is -2.33.